The second-order valence-corrected chi connectivity index (χ2v) is 5.97. The molecule has 0 saturated heterocycles. The number of benzene rings is 2. The van der Waals surface area contributed by atoms with Gasteiger partial charge in [-0.1, -0.05) is 41.4 Å². The minimum atomic E-state index is -1.49. The highest BCUT2D eigenvalue weighted by atomic mass is 79.9. The van der Waals surface area contributed by atoms with Crippen molar-refractivity contribution < 1.29 is 9.50 Å². The summed E-state index contributed by atoms with van der Waals surface area (Å²) in [5.41, 5.74) is -0.837. The fraction of sp³-hybridized carbons (Fsp3) is 0.143. The SMILES string of the molecule is CC(O)(c1ccc(Cl)cc1)c1ccc(Br)c(Cl)c1F. The van der Waals surface area contributed by atoms with Crippen LogP contribution in [0.3, 0.4) is 0 Å². The van der Waals surface area contributed by atoms with Gasteiger partial charge in [-0.2, -0.15) is 0 Å². The van der Waals surface area contributed by atoms with Gasteiger partial charge in [-0.15, -0.1) is 0 Å². The molecule has 19 heavy (non-hydrogen) atoms. The van der Waals surface area contributed by atoms with Gasteiger partial charge in [0.25, 0.3) is 0 Å². The van der Waals surface area contributed by atoms with Gasteiger partial charge in [0.2, 0.25) is 0 Å². The van der Waals surface area contributed by atoms with Crippen molar-refractivity contribution in [1.82, 2.24) is 0 Å². The van der Waals surface area contributed by atoms with E-state index >= 15 is 0 Å². The summed E-state index contributed by atoms with van der Waals surface area (Å²) < 4.78 is 14.6. The zero-order valence-corrected chi connectivity index (χ0v) is 13.0. The van der Waals surface area contributed by atoms with Crippen LogP contribution in [0.15, 0.2) is 40.9 Å². The highest BCUT2D eigenvalue weighted by Crippen LogP contribution is 2.36. The van der Waals surface area contributed by atoms with Crippen LogP contribution >= 0.6 is 39.1 Å². The summed E-state index contributed by atoms with van der Waals surface area (Å²) in [5, 5.41) is 11.1. The molecule has 0 spiro atoms. The summed E-state index contributed by atoms with van der Waals surface area (Å²) in [5.74, 6) is -0.643. The minimum absolute atomic E-state index is 0.0493. The molecule has 0 saturated carbocycles. The highest BCUT2D eigenvalue weighted by Gasteiger charge is 2.30. The fourth-order valence-electron chi connectivity index (χ4n) is 1.83. The summed E-state index contributed by atoms with van der Waals surface area (Å²) in [7, 11) is 0. The Balaban J connectivity index is 2.56. The van der Waals surface area contributed by atoms with Crippen LogP contribution in [0.4, 0.5) is 4.39 Å². The summed E-state index contributed by atoms with van der Waals surface area (Å²) in [4.78, 5) is 0. The molecular weight excluding hydrogens is 354 g/mol. The molecule has 0 radical (unpaired) electrons. The van der Waals surface area contributed by atoms with Crippen LogP contribution in [0.25, 0.3) is 0 Å². The summed E-state index contributed by atoms with van der Waals surface area (Å²) in [6.45, 7) is 1.51. The predicted octanol–water partition coefficient (Wildman–Crippen LogP) is 5.15. The van der Waals surface area contributed by atoms with Gasteiger partial charge in [-0.05, 0) is 46.6 Å². The van der Waals surface area contributed by atoms with Crippen molar-refractivity contribution in [3.63, 3.8) is 0 Å². The number of hydrogen-bond donors (Lipinski definition) is 1. The molecule has 1 nitrogen and oxygen atoms in total. The van der Waals surface area contributed by atoms with E-state index in [1.54, 1.807) is 30.3 Å². The van der Waals surface area contributed by atoms with E-state index in [2.05, 4.69) is 15.9 Å². The first-order valence-corrected chi connectivity index (χ1v) is 7.01. The third kappa shape index (κ3) is 2.79. The molecule has 1 unspecified atom stereocenters. The van der Waals surface area contributed by atoms with Gasteiger partial charge in [0.1, 0.15) is 11.4 Å². The van der Waals surface area contributed by atoms with Crippen LogP contribution in [0.2, 0.25) is 10.0 Å². The van der Waals surface area contributed by atoms with Gasteiger partial charge < -0.3 is 5.11 Å². The van der Waals surface area contributed by atoms with Gasteiger partial charge in [-0.25, -0.2) is 4.39 Å². The van der Waals surface area contributed by atoms with Crippen LogP contribution in [0.5, 0.6) is 0 Å². The summed E-state index contributed by atoms with van der Waals surface area (Å²) >= 11 is 14.8. The van der Waals surface area contributed by atoms with Crippen LogP contribution in [0, 0.1) is 5.82 Å². The molecule has 5 heteroatoms. The van der Waals surface area contributed by atoms with Crippen LogP contribution < -0.4 is 0 Å². The molecule has 0 bridgehead atoms. The van der Waals surface area contributed by atoms with Gasteiger partial charge >= 0.3 is 0 Å². The van der Waals surface area contributed by atoms with Gasteiger partial charge in [-0.3, -0.25) is 0 Å². The van der Waals surface area contributed by atoms with E-state index in [-0.39, 0.29) is 10.6 Å². The lowest BCUT2D eigenvalue weighted by molar-refractivity contribution is 0.0979. The molecule has 100 valence electrons. The molecule has 1 N–H and O–H groups in total. The zero-order chi connectivity index (χ0) is 14.2. The third-order valence-electron chi connectivity index (χ3n) is 2.97. The lowest BCUT2D eigenvalue weighted by Crippen LogP contribution is -2.24. The van der Waals surface area contributed by atoms with Crippen LogP contribution in [0.1, 0.15) is 18.1 Å². The van der Waals surface area contributed by atoms with Crippen molar-refractivity contribution in [2.75, 3.05) is 0 Å². The molecule has 0 fully saturated rings. The second kappa shape index (κ2) is 5.41. The molecule has 2 aromatic rings. The molecule has 2 aromatic carbocycles. The first-order chi connectivity index (χ1) is 8.84. The molecule has 0 aliphatic carbocycles. The average Bonchev–Trinajstić information content (AvgIpc) is 2.36. The molecule has 0 aromatic heterocycles. The summed E-state index contributed by atoms with van der Waals surface area (Å²) in [6.07, 6.45) is 0. The third-order valence-corrected chi connectivity index (χ3v) is 4.48. The van der Waals surface area contributed by atoms with Gasteiger partial charge in [0, 0.05) is 15.1 Å². The second-order valence-electron chi connectivity index (χ2n) is 4.30. The van der Waals surface area contributed by atoms with Crippen molar-refractivity contribution in [1.29, 1.82) is 0 Å². The average molecular weight is 364 g/mol. The molecule has 1 atom stereocenters. The predicted molar refractivity (Wildman–Crippen MR) is 79.2 cm³/mol. The molecule has 0 aliphatic heterocycles. The Kier molecular flexibility index (Phi) is 4.21. The fourth-order valence-corrected chi connectivity index (χ4v) is 2.43. The maximum Gasteiger partial charge on any atom is 0.149 e. The van der Waals surface area contributed by atoms with E-state index in [0.717, 1.165) is 0 Å². The van der Waals surface area contributed by atoms with Gasteiger partial charge in [0.15, 0.2) is 0 Å². The standard InChI is InChI=1S/C14H10BrCl2FO/c1-14(19,8-2-4-9(16)5-3-8)10-6-7-11(15)12(17)13(10)18/h2-7,19H,1H3. The molecule has 0 amide bonds. The minimum Gasteiger partial charge on any atom is -0.381 e. The van der Waals surface area contributed by atoms with Crippen molar-refractivity contribution in [3.8, 4) is 0 Å². The van der Waals surface area contributed by atoms with Crippen molar-refractivity contribution in [3.05, 3.63) is 67.9 Å². The maximum absolute atomic E-state index is 14.2. The van der Waals surface area contributed by atoms with E-state index in [1.807, 2.05) is 0 Å². The van der Waals surface area contributed by atoms with Gasteiger partial charge in [0.05, 0.1) is 5.02 Å². The van der Waals surface area contributed by atoms with E-state index in [1.165, 1.54) is 13.0 Å². The molecule has 0 heterocycles. The Bertz CT molecular complexity index is 612. The Morgan fingerprint density at radius 1 is 1.11 bits per heavy atom. The van der Waals surface area contributed by atoms with E-state index in [4.69, 9.17) is 23.2 Å². The van der Waals surface area contributed by atoms with E-state index in [9.17, 15) is 9.50 Å². The topological polar surface area (TPSA) is 20.2 Å². The molecule has 2 rings (SSSR count). The lowest BCUT2D eigenvalue weighted by atomic mass is 9.88. The lowest BCUT2D eigenvalue weighted by Gasteiger charge is -2.25. The summed E-state index contributed by atoms with van der Waals surface area (Å²) in [6, 6.07) is 9.69. The zero-order valence-electron chi connectivity index (χ0n) is 9.92. The molecular formula is C14H10BrCl2FO. The van der Waals surface area contributed by atoms with Crippen LogP contribution in [-0.2, 0) is 5.60 Å². The number of halogens is 4. The first kappa shape index (κ1) is 14.8. The Hall–Kier alpha value is -0.610. The quantitative estimate of drug-likeness (QED) is 0.731. The van der Waals surface area contributed by atoms with E-state index in [0.29, 0.717) is 15.1 Å². The largest absolute Gasteiger partial charge is 0.381 e. The van der Waals surface area contributed by atoms with Crippen molar-refractivity contribution in [2.24, 2.45) is 0 Å². The monoisotopic (exact) mass is 362 g/mol. The maximum atomic E-state index is 14.2. The van der Waals surface area contributed by atoms with Crippen molar-refractivity contribution in [2.45, 2.75) is 12.5 Å². The van der Waals surface area contributed by atoms with E-state index < -0.39 is 11.4 Å². The van der Waals surface area contributed by atoms with Crippen molar-refractivity contribution >= 4 is 39.1 Å². The highest BCUT2D eigenvalue weighted by molar-refractivity contribution is 9.10. The Labute approximate surface area is 129 Å². The normalized spacial score (nSPS) is 14.2. The number of aliphatic hydroxyl groups is 1. The number of rotatable bonds is 2. The number of hydrogen-bond acceptors (Lipinski definition) is 1. The van der Waals surface area contributed by atoms with Crippen LogP contribution in [-0.4, -0.2) is 5.11 Å². The molecule has 0 aliphatic rings. The Morgan fingerprint density at radius 2 is 1.68 bits per heavy atom. The smallest absolute Gasteiger partial charge is 0.149 e. The first-order valence-electron chi connectivity index (χ1n) is 5.46. The Morgan fingerprint density at radius 3 is 2.26 bits per heavy atom.